The Kier molecular flexibility index (Phi) is 4.97. The molecule has 1 unspecified atom stereocenters. The molecule has 0 aliphatic carbocycles. The largest absolute Gasteiger partial charge is 0.387 e. The molecule has 0 aliphatic heterocycles. The van der Waals surface area contributed by atoms with Gasteiger partial charge in [-0.1, -0.05) is 44.1 Å². The summed E-state index contributed by atoms with van der Waals surface area (Å²) >= 11 is 0. The Bertz CT molecular complexity index is 861. The highest BCUT2D eigenvalue weighted by molar-refractivity contribution is 5.92. The number of para-hydroxylation sites is 1. The second-order valence-corrected chi connectivity index (χ2v) is 7.11. The summed E-state index contributed by atoms with van der Waals surface area (Å²) < 4.78 is 5.65. The van der Waals surface area contributed by atoms with Crippen LogP contribution >= 0.6 is 0 Å². The van der Waals surface area contributed by atoms with Crippen LogP contribution in [0.3, 0.4) is 0 Å². The second kappa shape index (κ2) is 7.02. The molecule has 0 spiro atoms. The highest BCUT2D eigenvalue weighted by Crippen LogP contribution is 2.40. The lowest BCUT2D eigenvalue weighted by atomic mass is 9.95. The Morgan fingerprint density at radius 2 is 1.96 bits per heavy atom. The maximum absolute atomic E-state index is 10.9. The van der Waals surface area contributed by atoms with Gasteiger partial charge in [0.1, 0.15) is 5.76 Å². The first-order valence-electron chi connectivity index (χ1n) is 8.86. The van der Waals surface area contributed by atoms with E-state index in [-0.39, 0.29) is 5.92 Å². The van der Waals surface area contributed by atoms with Gasteiger partial charge < -0.3 is 19.5 Å². The Balaban J connectivity index is 2.28. The van der Waals surface area contributed by atoms with Gasteiger partial charge in [0, 0.05) is 28.9 Å². The predicted octanol–water partition coefficient (Wildman–Crippen LogP) is 4.10. The lowest BCUT2D eigenvalue weighted by molar-refractivity contribution is 0.140. The number of aryl methyl sites for hydroxylation is 1. The average molecular weight is 341 g/mol. The van der Waals surface area contributed by atoms with Gasteiger partial charge in [0.25, 0.3) is 0 Å². The van der Waals surface area contributed by atoms with Crippen molar-refractivity contribution in [1.82, 2.24) is 15.0 Å². The van der Waals surface area contributed by atoms with E-state index in [0.29, 0.717) is 6.54 Å². The minimum atomic E-state index is -0.597. The van der Waals surface area contributed by atoms with E-state index in [1.807, 2.05) is 37.2 Å². The van der Waals surface area contributed by atoms with Gasteiger partial charge in [-0.3, -0.25) is 0 Å². The van der Waals surface area contributed by atoms with Crippen LogP contribution in [0.4, 0.5) is 0 Å². The van der Waals surface area contributed by atoms with Crippen molar-refractivity contribution in [2.45, 2.75) is 39.2 Å². The van der Waals surface area contributed by atoms with Gasteiger partial charge in [-0.25, -0.2) is 0 Å². The number of rotatable bonds is 6. The lowest BCUT2D eigenvalue weighted by Crippen LogP contribution is -2.20. The number of aliphatic hydroxyl groups excluding tert-OH is 1. The van der Waals surface area contributed by atoms with Crippen LogP contribution in [0, 0.1) is 0 Å². The lowest BCUT2D eigenvalue weighted by Gasteiger charge is -2.18. The molecule has 2 N–H and O–H groups in total. The molecular formula is C20H27N3O2. The monoisotopic (exact) mass is 341 g/mol. The van der Waals surface area contributed by atoms with Crippen LogP contribution in [0.5, 0.6) is 0 Å². The molecule has 2 heterocycles. The third-order valence-electron chi connectivity index (χ3n) is 4.52. The minimum absolute atomic E-state index is 0.216. The van der Waals surface area contributed by atoms with E-state index in [4.69, 9.17) is 4.52 Å². The molecule has 3 rings (SSSR count). The zero-order valence-electron chi connectivity index (χ0n) is 15.6. The topological polar surface area (TPSA) is 65.3 Å². The van der Waals surface area contributed by atoms with Crippen LogP contribution in [0.15, 0.2) is 28.8 Å². The molecular weight excluding hydrogens is 314 g/mol. The molecule has 0 radical (unpaired) electrons. The maximum Gasteiger partial charge on any atom is 0.148 e. The van der Waals surface area contributed by atoms with Crippen molar-refractivity contribution in [3.05, 3.63) is 41.3 Å². The Morgan fingerprint density at radius 1 is 1.24 bits per heavy atom. The number of hydrogen-bond acceptors (Lipinski definition) is 4. The van der Waals surface area contributed by atoms with Gasteiger partial charge in [-0.05, 0) is 26.6 Å². The molecule has 0 amide bonds. The Hall–Kier alpha value is -2.11. The summed E-state index contributed by atoms with van der Waals surface area (Å²) in [6.45, 7) is 6.83. The maximum atomic E-state index is 10.9. The van der Waals surface area contributed by atoms with E-state index >= 15 is 0 Å². The van der Waals surface area contributed by atoms with E-state index < -0.39 is 6.10 Å². The molecule has 3 aromatic rings. The van der Waals surface area contributed by atoms with Crippen molar-refractivity contribution in [2.24, 2.45) is 0 Å². The van der Waals surface area contributed by atoms with Crippen molar-refractivity contribution >= 4 is 10.9 Å². The molecule has 5 heteroatoms. The van der Waals surface area contributed by atoms with Gasteiger partial charge >= 0.3 is 0 Å². The highest BCUT2D eigenvalue weighted by atomic mass is 16.5. The van der Waals surface area contributed by atoms with Crippen molar-refractivity contribution < 1.29 is 9.63 Å². The van der Waals surface area contributed by atoms with Crippen LogP contribution in [-0.4, -0.2) is 40.8 Å². The Labute approximate surface area is 148 Å². The number of aromatic amines is 1. The SMILES string of the molecule is CCc1noc(C(C)C)c1-c1[nH]c2ccccc2c1C(O)CN(C)C. The molecule has 0 fully saturated rings. The molecule has 5 nitrogen and oxygen atoms in total. The fourth-order valence-electron chi connectivity index (χ4n) is 3.38. The summed E-state index contributed by atoms with van der Waals surface area (Å²) in [5.74, 6) is 1.08. The summed E-state index contributed by atoms with van der Waals surface area (Å²) in [4.78, 5) is 5.51. The summed E-state index contributed by atoms with van der Waals surface area (Å²) in [6, 6.07) is 8.10. The van der Waals surface area contributed by atoms with Crippen molar-refractivity contribution in [2.75, 3.05) is 20.6 Å². The highest BCUT2D eigenvalue weighted by Gasteiger charge is 2.27. The number of H-pyrrole nitrogens is 1. The quantitative estimate of drug-likeness (QED) is 0.708. The molecule has 25 heavy (non-hydrogen) atoms. The van der Waals surface area contributed by atoms with Crippen LogP contribution < -0.4 is 0 Å². The van der Waals surface area contributed by atoms with Crippen LogP contribution in [0.25, 0.3) is 22.2 Å². The first-order chi connectivity index (χ1) is 11.9. The Morgan fingerprint density at radius 3 is 2.60 bits per heavy atom. The van der Waals surface area contributed by atoms with Crippen molar-refractivity contribution in [3.8, 4) is 11.3 Å². The van der Waals surface area contributed by atoms with E-state index in [1.54, 1.807) is 0 Å². The van der Waals surface area contributed by atoms with Crippen LogP contribution in [0.1, 0.15) is 49.8 Å². The standard InChI is InChI=1S/C20H27N3O2/c1-6-14-18(20(12(2)3)25-22-14)19-17(16(24)11-23(4)5)13-9-7-8-10-15(13)21-19/h7-10,12,16,21,24H,6,11H2,1-5H3. The van der Waals surface area contributed by atoms with Crippen LogP contribution in [0.2, 0.25) is 0 Å². The predicted molar refractivity (Wildman–Crippen MR) is 101 cm³/mol. The van der Waals surface area contributed by atoms with E-state index in [0.717, 1.165) is 45.6 Å². The third kappa shape index (κ3) is 3.22. The van der Waals surface area contributed by atoms with Crippen molar-refractivity contribution in [1.29, 1.82) is 0 Å². The number of hydrogen-bond donors (Lipinski definition) is 2. The zero-order valence-corrected chi connectivity index (χ0v) is 15.6. The van der Waals surface area contributed by atoms with Crippen molar-refractivity contribution in [3.63, 3.8) is 0 Å². The van der Waals surface area contributed by atoms with E-state index in [9.17, 15) is 5.11 Å². The van der Waals surface area contributed by atoms with Gasteiger partial charge in [-0.2, -0.15) is 0 Å². The number of nitrogens with one attached hydrogen (secondary N) is 1. The number of benzene rings is 1. The second-order valence-electron chi connectivity index (χ2n) is 7.11. The first kappa shape index (κ1) is 17.7. The number of nitrogens with zero attached hydrogens (tertiary/aromatic N) is 2. The van der Waals surface area contributed by atoms with E-state index in [2.05, 4.69) is 37.0 Å². The summed E-state index contributed by atoms with van der Waals surface area (Å²) in [5, 5.41) is 16.3. The zero-order chi connectivity index (χ0) is 18.1. The van der Waals surface area contributed by atoms with Crippen LogP contribution in [-0.2, 0) is 6.42 Å². The van der Waals surface area contributed by atoms with Gasteiger partial charge in [0.05, 0.1) is 23.1 Å². The fraction of sp³-hybridized carbons (Fsp3) is 0.450. The first-order valence-corrected chi connectivity index (χ1v) is 8.86. The summed E-state index contributed by atoms with van der Waals surface area (Å²) in [6.07, 6.45) is 0.185. The molecule has 1 aromatic carbocycles. The number of aromatic nitrogens is 2. The minimum Gasteiger partial charge on any atom is -0.387 e. The number of fused-ring (bicyclic) bond motifs is 1. The number of aliphatic hydroxyl groups is 1. The normalized spacial score (nSPS) is 13.3. The molecule has 0 saturated carbocycles. The molecule has 0 saturated heterocycles. The van der Waals surface area contributed by atoms with E-state index in [1.165, 1.54) is 0 Å². The third-order valence-corrected chi connectivity index (χ3v) is 4.52. The molecule has 2 aromatic heterocycles. The van der Waals surface area contributed by atoms with Gasteiger partial charge in [0.15, 0.2) is 0 Å². The summed E-state index contributed by atoms with van der Waals surface area (Å²) in [7, 11) is 3.93. The smallest absolute Gasteiger partial charge is 0.148 e. The molecule has 1 atom stereocenters. The number of likely N-dealkylation sites (N-methyl/N-ethyl adjacent to an activating group) is 1. The average Bonchev–Trinajstić information content (AvgIpc) is 3.14. The summed E-state index contributed by atoms with van der Waals surface area (Å²) in [5.41, 5.74) is 4.79. The fourth-order valence-corrected chi connectivity index (χ4v) is 3.38. The molecule has 0 bridgehead atoms. The van der Waals surface area contributed by atoms with Gasteiger partial charge in [0.2, 0.25) is 0 Å². The molecule has 134 valence electrons. The molecule has 0 aliphatic rings. The van der Waals surface area contributed by atoms with Gasteiger partial charge in [-0.15, -0.1) is 0 Å².